The molecule has 0 saturated heterocycles. The molecule has 16 heavy (non-hydrogen) atoms. The molecule has 0 aromatic carbocycles. The summed E-state index contributed by atoms with van der Waals surface area (Å²) in [4.78, 5) is 0. The number of hydrogen-bond acceptors (Lipinski definition) is 2. The van der Waals surface area contributed by atoms with Crippen LogP contribution < -0.4 is 5.32 Å². The molecule has 0 saturated carbocycles. The van der Waals surface area contributed by atoms with Crippen molar-refractivity contribution in [3.05, 3.63) is 11.6 Å². The molecule has 0 aromatic heterocycles. The molecule has 0 bridgehead atoms. The van der Waals surface area contributed by atoms with Crippen LogP contribution in [0.3, 0.4) is 0 Å². The lowest BCUT2D eigenvalue weighted by molar-refractivity contribution is 0.0152. The van der Waals surface area contributed by atoms with Crippen LogP contribution in [0.4, 0.5) is 8.78 Å². The van der Waals surface area contributed by atoms with Crippen LogP contribution in [0.5, 0.6) is 0 Å². The van der Waals surface area contributed by atoms with E-state index < -0.39 is 13.0 Å². The Hall–Kier alpha value is -0.480. The third-order valence-corrected chi connectivity index (χ3v) is 2.77. The molecule has 0 spiro atoms. The summed E-state index contributed by atoms with van der Waals surface area (Å²) in [5, 5.41) is 3.38. The highest BCUT2D eigenvalue weighted by Crippen LogP contribution is 2.22. The molecule has 1 atom stereocenters. The smallest absolute Gasteiger partial charge is 0.261 e. The highest BCUT2D eigenvalue weighted by molar-refractivity contribution is 5.15. The van der Waals surface area contributed by atoms with E-state index in [0.717, 1.165) is 25.8 Å². The molecular formula is C12H21F2NO. The quantitative estimate of drug-likeness (QED) is 0.514. The van der Waals surface area contributed by atoms with Crippen molar-refractivity contribution >= 4 is 0 Å². The standard InChI is InChI=1S/C12H21F2NO/c1-2-15-11(10-5-3-4-6-10)7-8-16-9-12(13)14/h5,11-12,15H,2-4,6-9H2,1H3. The molecule has 1 unspecified atom stereocenters. The van der Waals surface area contributed by atoms with Gasteiger partial charge in [0.2, 0.25) is 0 Å². The summed E-state index contributed by atoms with van der Waals surface area (Å²) in [5.41, 5.74) is 1.42. The van der Waals surface area contributed by atoms with Crippen molar-refractivity contribution in [2.45, 2.75) is 45.1 Å². The first kappa shape index (κ1) is 13.6. The molecule has 4 heteroatoms. The number of allylic oxidation sites excluding steroid dienone is 1. The van der Waals surface area contributed by atoms with Gasteiger partial charge in [0.05, 0.1) is 0 Å². The van der Waals surface area contributed by atoms with Crippen LogP contribution in [-0.2, 0) is 4.74 Å². The number of ether oxygens (including phenoxy) is 1. The average Bonchev–Trinajstić information content (AvgIpc) is 2.75. The lowest BCUT2D eigenvalue weighted by Gasteiger charge is -2.19. The first-order valence-corrected chi connectivity index (χ1v) is 6.02. The van der Waals surface area contributed by atoms with Gasteiger partial charge in [-0.2, -0.15) is 0 Å². The fourth-order valence-corrected chi connectivity index (χ4v) is 2.05. The molecule has 0 aliphatic heterocycles. The maximum atomic E-state index is 11.9. The van der Waals surface area contributed by atoms with Gasteiger partial charge in [-0.1, -0.05) is 18.6 Å². The van der Waals surface area contributed by atoms with Crippen LogP contribution in [0.25, 0.3) is 0 Å². The molecule has 0 heterocycles. The van der Waals surface area contributed by atoms with Crippen LogP contribution in [0.15, 0.2) is 11.6 Å². The minimum Gasteiger partial charge on any atom is -0.375 e. The topological polar surface area (TPSA) is 21.3 Å². The first-order valence-electron chi connectivity index (χ1n) is 6.02. The normalized spacial score (nSPS) is 17.9. The Morgan fingerprint density at radius 1 is 1.50 bits per heavy atom. The minimum absolute atomic E-state index is 0.310. The summed E-state index contributed by atoms with van der Waals surface area (Å²) in [6.07, 6.45) is 4.19. The second-order valence-electron chi connectivity index (χ2n) is 4.04. The van der Waals surface area contributed by atoms with Crippen molar-refractivity contribution in [3.8, 4) is 0 Å². The van der Waals surface area contributed by atoms with Gasteiger partial charge in [-0.15, -0.1) is 0 Å². The van der Waals surface area contributed by atoms with E-state index in [1.807, 2.05) is 0 Å². The van der Waals surface area contributed by atoms with Gasteiger partial charge in [0, 0.05) is 12.6 Å². The Morgan fingerprint density at radius 3 is 2.88 bits per heavy atom. The van der Waals surface area contributed by atoms with Crippen molar-refractivity contribution in [2.75, 3.05) is 19.8 Å². The predicted molar refractivity (Wildman–Crippen MR) is 60.8 cm³/mol. The summed E-state index contributed by atoms with van der Waals surface area (Å²) < 4.78 is 28.6. The summed E-state index contributed by atoms with van der Waals surface area (Å²) in [6.45, 7) is 2.91. The van der Waals surface area contributed by atoms with E-state index >= 15 is 0 Å². The Morgan fingerprint density at radius 2 is 2.31 bits per heavy atom. The van der Waals surface area contributed by atoms with E-state index in [1.54, 1.807) is 0 Å². The van der Waals surface area contributed by atoms with E-state index in [1.165, 1.54) is 12.0 Å². The summed E-state index contributed by atoms with van der Waals surface area (Å²) >= 11 is 0. The Kier molecular flexibility index (Phi) is 6.57. The van der Waals surface area contributed by atoms with Crippen LogP contribution in [0, 0.1) is 0 Å². The van der Waals surface area contributed by atoms with Crippen molar-refractivity contribution in [2.24, 2.45) is 0 Å². The second kappa shape index (κ2) is 7.74. The minimum atomic E-state index is -2.36. The van der Waals surface area contributed by atoms with E-state index in [2.05, 4.69) is 18.3 Å². The fourth-order valence-electron chi connectivity index (χ4n) is 2.05. The number of halogens is 2. The third-order valence-electron chi connectivity index (χ3n) is 2.77. The summed E-state index contributed by atoms with van der Waals surface area (Å²) in [7, 11) is 0. The van der Waals surface area contributed by atoms with E-state index in [4.69, 9.17) is 4.74 Å². The molecular weight excluding hydrogens is 212 g/mol. The zero-order chi connectivity index (χ0) is 11.8. The molecule has 1 rings (SSSR count). The Balaban J connectivity index is 2.22. The van der Waals surface area contributed by atoms with Crippen LogP contribution in [-0.4, -0.2) is 32.2 Å². The molecule has 2 nitrogen and oxygen atoms in total. The van der Waals surface area contributed by atoms with Crippen molar-refractivity contribution in [3.63, 3.8) is 0 Å². The fraction of sp³-hybridized carbons (Fsp3) is 0.833. The molecule has 0 aromatic rings. The van der Waals surface area contributed by atoms with E-state index in [9.17, 15) is 8.78 Å². The molecule has 1 aliphatic rings. The molecule has 0 amide bonds. The number of nitrogens with one attached hydrogen (secondary N) is 1. The SMILES string of the molecule is CCNC(CCOCC(F)F)C1=CCCC1. The second-order valence-corrected chi connectivity index (χ2v) is 4.04. The van der Waals surface area contributed by atoms with E-state index in [-0.39, 0.29) is 0 Å². The van der Waals surface area contributed by atoms with Crippen LogP contribution in [0.2, 0.25) is 0 Å². The van der Waals surface area contributed by atoms with Crippen LogP contribution in [0.1, 0.15) is 32.6 Å². The van der Waals surface area contributed by atoms with Gasteiger partial charge >= 0.3 is 0 Å². The van der Waals surface area contributed by atoms with Gasteiger partial charge in [-0.05, 0) is 32.2 Å². The monoisotopic (exact) mass is 233 g/mol. The molecule has 94 valence electrons. The van der Waals surface area contributed by atoms with Gasteiger partial charge in [-0.25, -0.2) is 8.78 Å². The van der Waals surface area contributed by atoms with Crippen molar-refractivity contribution in [1.29, 1.82) is 0 Å². The molecule has 1 aliphatic carbocycles. The maximum absolute atomic E-state index is 11.9. The first-order chi connectivity index (χ1) is 7.74. The average molecular weight is 233 g/mol. The highest BCUT2D eigenvalue weighted by atomic mass is 19.3. The third kappa shape index (κ3) is 5.03. The van der Waals surface area contributed by atoms with Crippen molar-refractivity contribution in [1.82, 2.24) is 5.32 Å². The number of hydrogen-bond donors (Lipinski definition) is 1. The highest BCUT2D eigenvalue weighted by Gasteiger charge is 2.16. The largest absolute Gasteiger partial charge is 0.375 e. The number of alkyl halides is 2. The molecule has 0 radical (unpaired) electrons. The van der Waals surface area contributed by atoms with Gasteiger partial charge in [0.15, 0.2) is 0 Å². The molecule has 1 N–H and O–H groups in total. The number of rotatable bonds is 8. The van der Waals surface area contributed by atoms with Gasteiger partial charge in [0.25, 0.3) is 6.43 Å². The lowest BCUT2D eigenvalue weighted by Crippen LogP contribution is -2.31. The lowest BCUT2D eigenvalue weighted by atomic mass is 10.0. The predicted octanol–water partition coefficient (Wildman–Crippen LogP) is 2.75. The number of likely N-dealkylation sites (N-methyl/N-ethyl adjacent to an activating group) is 1. The zero-order valence-electron chi connectivity index (χ0n) is 9.85. The van der Waals surface area contributed by atoms with Crippen molar-refractivity contribution < 1.29 is 13.5 Å². The van der Waals surface area contributed by atoms with Gasteiger partial charge in [0.1, 0.15) is 6.61 Å². The Bertz CT molecular complexity index is 219. The zero-order valence-corrected chi connectivity index (χ0v) is 9.85. The summed E-state index contributed by atoms with van der Waals surface area (Å²) in [6, 6.07) is 0.310. The Labute approximate surface area is 96.1 Å². The van der Waals surface area contributed by atoms with Crippen LogP contribution >= 0.6 is 0 Å². The van der Waals surface area contributed by atoms with Gasteiger partial charge < -0.3 is 10.1 Å². The summed E-state index contributed by atoms with van der Waals surface area (Å²) in [5.74, 6) is 0. The van der Waals surface area contributed by atoms with Gasteiger partial charge in [-0.3, -0.25) is 0 Å². The van der Waals surface area contributed by atoms with E-state index in [0.29, 0.717) is 12.6 Å². The maximum Gasteiger partial charge on any atom is 0.261 e. The molecule has 0 fully saturated rings.